The van der Waals surface area contributed by atoms with Crippen molar-refractivity contribution in [3.63, 3.8) is 0 Å². The van der Waals surface area contributed by atoms with Crippen LogP contribution in [-0.2, 0) is 4.79 Å². The SMILES string of the molecule is C=C(C(N)=O)c1cccc(-c2cccnc2)c1. The molecule has 1 aromatic heterocycles. The highest BCUT2D eigenvalue weighted by molar-refractivity contribution is 6.18. The summed E-state index contributed by atoms with van der Waals surface area (Å²) in [5.41, 5.74) is 8.23. The fourth-order valence-electron chi connectivity index (χ4n) is 1.56. The van der Waals surface area contributed by atoms with E-state index in [-0.39, 0.29) is 0 Å². The van der Waals surface area contributed by atoms with Crippen LogP contribution in [0, 0.1) is 0 Å². The number of carbonyl (C=O) groups is 1. The summed E-state index contributed by atoms with van der Waals surface area (Å²) in [6, 6.07) is 11.3. The number of aromatic nitrogens is 1. The van der Waals surface area contributed by atoms with Crippen molar-refractivity contribution in [3.05, 3.63) is 60.9 Å². The molecule has 2 N–H and O–H groups in total. The second-order valence-corrected chi connectivity index (χ2v) is 3.67. The van der Waals surface area contributed by atoms with Crippen LogP contribution in [0.5, 0.6) is 0 Å². The number of amides is 1. The van der Waals surface area contributed by atoms with Crippen LogP contribution >= 0.6 is 0 Å². The van der Waals surface area contributed by atoms with Gasteiger partial charge in [0.25, 0.3) is 0 Å². The largest absolute Gasteiger partial charge is 0.366 e. The molecule has 0 fully saturated rings. The molecule has 0 spiro atoms. The predicted octanol–water partition coefficient (Wildman–Crippen LogP) is 2.25. The van der Waals surface area contributed by atoms with Crippen molar-refractivity contribution >= 4 is 11.5 Å². The van der Waals surface area contributed by atoms with Gasteiger partial charge in [0.1, 0.15) is 0 Å². The van der Waals surface area contributed by atoms with Crippen LogP contribution < -0.4 is 5.73 Å². The summed E-state index contributed by atoms with van der Waals surface area (Å²) >= 11 is 0. The van der Waals surface area contributed by atoms with Crippen molar-refractivity contribution in [2.45, 2.75) is 0 Å². The number of hydrogen-bond acceptors (Lipinski definition) is 2. The van der Waals surface area contributed by atoms with Gasteiger partial charge in [-0.05, 0) is 23.3 Å². The summed E-state index contributed by atoms with van der Waals surface area (Å²) in [6.45, 7) is 3.67. The number of hydrogen-bond donors (Lipinski definition) is 1. The normalized spacial score (nSPS) is 9.88. The minimum atomic E-state index is -0.506. The minimum absolute atomic E-state index is 0.316. The lowest BCUT2D eigenvalue weighted by molar-refractivity contribution is -0.112. The highest BCUT2D eigenvalue weighted by Gasteiger charge is 2.06. The Hall–Kier alpha value is -2.42. The van der Waals surface area contributed by atoms with Crippen LogP contribution in [0.1, 0.15) is 5.56 Å². The van der Waals surface area contributed by atoms with Crippen molar-refractivity contribution < 1.29 is 4.79 Å². The van der Waals surface area contributed by atoms with Gasteiger partial charge >= 0.3 is 0 Å². The molecule has 1 heterocycles. The molecule has 1 aromatic carbocycles. The summed E-state index contributed by atoms with van der Waals surface area (Å²) in [4.78, 5) is 15.1. The molecule has 0 aliphatic carbocycles. The number of carbonyl (C=O) groups excluding carboxylic acids is 1. The standard InChI is InChI=1S/C14H12N2O/c1-10(14(15)17)11-4-2-5-12(8-11)13-6-3-7-16-9-13/h2-9H,1H2,(H2,15,17). The van der Waals surface area contributed by atoms with Gasteiger partial charge < -0.3 is 5.73 Å². The zero-order valence-corrected chi connectivity index (χ0v) is 9.26. The summed E-state index contributed by atoms with van der Waals surface area (Å²) in [7, 11) is 0. The molecule has 0 saturated heterocycles. The van der Waals surface area contributed by atoms with E-state index in [4.69, 9.17) is 5.73 Å². The topological polar surface area (TPSA) is 56.0 Å². The van der Waals surface area contributed by atoms with E-state index < -0.39 is 5.91 Å². The smallest absolute Gasteiger partial charge is 0.248 e. The Labute approximate surface area is 99.6 Å². The first-order chi connectivity index (χ1) is 8.18. The average Bonchev–Trinajstić information content (AvgIpc) is 2.39. The minimum Gasteiger partial charge on any atom is -0.366 e. The lowest BCUT2D eigenvalue weighted by atomic mass is 10.0. The Kier molecular flexibility index (Phi) is 3.01. The van der Waals surface area contributed by atoms with E-state index in [1.807, 2.05) is 36.4 Å². The summed E-state index contributed by atoms with van der Waals surface area (Å²) in [5.74, 6) is -0.506. The van der Waals surface area contributed by atoms with Gasteiger partial charge in [0.15, 0.2) is 0 Å². The molecule has 0 saturated carbocycles. The van der Waals surface area contributed by atoms with Crippen molar-refractivity contribution in [1.29, 1.82) is 0 Å². The molecule has 0 unspecified atom stereocenters. The van der Waals surface area contributed by atoms with Crippen molar-refractivity contribution in [2.75, 3.05) is 0 Å². The lowest BCUT2D eigenvalue weighted by Crippen LogP contribution is -2.11. The second-order valence-electron chi connectivity index (χ2n) is 3.67. The lowest BCUT2D eigenvalue weighted by Gasteiger charge is -2.05. The van der Waals surface area contributed by atoms with Crippen LogP contribution in [0.15, 0.2) is 55.4 Å². The van der Waals surface area contributed by atoms with Crippen LogP contribution in [-0.4, -0.2) is 10.9 Å². The van der Waals surface area contributed by atoms with E-state index in [1.165, 1.54) is 0 Å². The number of nitrogens with two attached hydrogens (primary N) is 1. The average molecular weight is 224 g/mol. The predicted molar refractivity (Wildman–Crippen MR) is 67.9 cm³/mol. The number of primary amides is 1. The molecule has 0 aliphatic rings. The van der Waals surface area contributed by atoms with Crippen molar-refractivity contribution in [1.82, 2.24) is 4.98 Å². The monoisotopic (exact) mass is 224 g/mol. The Morgan fingerprint density at radius 1 is 1.18 bits per heavy atom. The third-order valence-corrected chi connectivity index (χ3v) is 2.50. The Balaban J connectivity index is 2.42. The summed E-state index contributed by atoms with van der Waals surface area (Å²) in [5, 5.41) is 0. The molecule has 2 rings (SSSR count). The van der Waals surface area contributed by atoms with Gasteiger partial charge in [-0.25, -0.2) is 0 Å². The molecular weight excluding hydrogens is 212 g/mol. The van der Waals surface area contributed by atoms with E-state index in [1.54, 1.807) is 12.4 Å². The number of rotatable bonds is 3. The zero-order valence-electron chi connectivity index (χ0n) is 9.26. The van der Waals surface area contributed by atoms with E-state index in [2.05, 4.69) is 11.6 Å². The van der Waals surface area contributed by atoms with Crippen molar-refractivity contribution in [2.24, 2.45) is 5.73 Å². The van der Waals surface area contributed by atoms with E-state index in [9.17, 15) is 4.79 Å². The molecule has 17 heavy (non-hydrogen) atoms. The van der Waals surface area contributed by atoms with Crippen LogP contribution in [0.25, 0.3) is 16.7 Å². The van der Waals surface area contributed by atoms with Gasteiger partial charge in [-0.15, -0.1) is 0 Å². The van der Waals surface area contributed by atoms with Gasteiger partial charge in [0.05, 0.1) is 0 Å². The summed E-state index contributed by atoms with van der Waals surface area (Å²) in [6.07, 6.45) is 3.49. The summed E-state index contributed by atoms with van der Waals surface area (Å²) < 4.78 is 0. The van der Waals surface area contributed by atoms with Crippen LogP contribution in [0.4, 0.5) is 0 Å². The zero-order chi connectivity index (χ0) is 12.3. The molecule has 0 radical (unpaired) electrons. The number of nitrogens with zero attached hydrogens (tertiary/aromatic N) is 1. The number of pyridine rings is 1. The maximum absolute atomic E-state index is 11.1. The fourth-order valence-corrected chi connectivity index (χ4v) is 1.56. The Morgan fingerprint density at radius 3 is 2.59 bits per heavy atom. The third kappa shape index (κ3) is 2.39. The van der Waals surface area contributed by atoms with Gasteiger partial charge in [-0.2, -0.15) is 0 Å². The second kappa shape index (κ2) is 4.61. The Morgan fingerprint density at radius 2 is 1.94 bits per heavy atom. The molecule has 0 aliphatic heterocycles. The maximum Gasteiger partial charge on any atom is 0.248 e. The van der Waals surface area contributed by atoms with E-state index >= 15 is 0 Å². The number of benzene rings is 1. The molecule has 0 atom stereocenters. The highest BCUT2D eigenvalue weighted by atomic mass is 16.1. The van der Waals surface area contributed by atoms with E-state index in [0.29, 0.717) is 5.57 Å². The quantitative estimate of drug-likeness (QED) is 0.813. The first kappa shape index (κ1) is 11.1. The maximum atomic E-state index is 11.1. The van der Waals surface area contributed by atoms with Crippen LogP contribution in [0.2, 0.25) is 0 Å². The third-order valence-electron chi connectivity index (χ3n) is 2.50. The molecule has 84 valence electrons. The van der Waals surface area contributed by atoms with Crippen LogP contribution in [0.3, 0.4) is 0 Å². The molecule has 3 nitrogen and oxygen atoms in total. The highest BCUT2D eigenvalue weighted by Crippen LogP contribution is 2.22. The van der Waals surface area contributed by atoms with E-state index in [0.717, 1.165) is 16.7 Å². The van der Waals surface area contributed by atoms with Gasteiger partial charge in [0.2, 0.25) is 5.91 Å². The van der Waals surface area contributed by atoms with Gasteiger partial charge in [-0.3, -0.25) is 9.78 Å². The molecule has 1 amide bonds. The Bertz CT molecular complexity index is 561. The molecule has 0 bridgehead atoms. The van der Waals surface area contributed by atoms with Gasteiger partial charge in [-0.1, -0.05) is 30.8 Å². The van der Waals surface area contributed by atoms with Gasteiger partial charge in [0, 0.05) is 23.5 Å². The molecular formula is C14H12N2O. The first-order valence-electron chi connectivity index (χ1n) is 5.18. The fraction of sp³-hybridized carbons (Fsp3) is 0. The molecule has 2 aromatic rings. The van der Waals surface area contributed by atoms with Crippen molar-refractivity contribution in [3.8, 4) is 11.1 Å². The first-order valence-corrected chi connectivity index (χ1v) is 5.18. The molecule has 3 heteroatoms.